The van der Waals surface area contributed by atoms with Crippen LogP contribution in [0.1, 0.15) is 34.2 Å². The summed E-state index contributed by atoms with van der Waals surface area (Å²) in [5.74, 6) is 0.00511. The first kappa shape index (κ1) is 20.6. The Kier molecular flexibility index (Phi) is 5.00. The van der Waals surface area contributed by atoms with Crippen molar-refractivity contribution in [3.8, 4) is 11.3 Å². The van der Waals surface area contributed by atoms with Gasteiger partial charge in [0, 0.05) is 17.0 Å². The molecule has 0 saturated carbocycles. The molecule has 0 atom stereocenters. The van der Waals surface area contributed by atoms with E-state index in [1.54, 1.807) is 25.1 Å². The van der Waals surface area contributed by atoms with E-state index < -0.39 is 17.3 Å². The van der Waals surface area contributed by atoms with Crippen LogP contribution in [0.15, 0.2) is 63.9 Å². The molecule has 0 aliphatic carbocycles. The summed E-state index contributed by atoms with van der Waals surface area (Å²) in [5, 5.41) is 4.69. The lowest BCUT2D eigenvalue weighted by Crippen LogP contribution is -2.28. The number of carbonyl (C=O) groups is 1. The van der Waals surface area contributed by atoms with Crippen molar-refractivity contribution in [3.63, 3.8) is 0 Å². The highest BCUT2D eigenvalue weighted by Crippen LogP contribution is 2.31. The SMILES string of the molecule is CC(=O)c1c(C)c2ccccc2n(Cc2cc(-c3ccc(C(F)(F)F)cc3)no2)c1=O. The van der Waals surface area contributed by atoms with Gasteiger partial charge in [0.1, 0.15) is 5.69 Å². The highest BCUT2D eigenvalue weighted by Gasteiger charge is 2.30. The van der Waals surface area contributed by atoms with Crippen molar-refractivity contribution in [2.45, 2.75) is 26.6 Å². The van der Waals surface area contributed by atoms with Gasteiger partial charge in [0.25, 0.3) is 5.56 Å². The molecule has 0 amide bonds. The van der Waals surface area contributed by atoms with Crippen LogP contribution in [-0.4, -0.2) is 15.5 Å². The summed E-state index contributed by atoms with van der Waals surface area (Å²) in [5.41, 5.74) is 0.982. The lowest BCUT2D eigenvalue weighted by molar-refractivity contribution is -0.137. The van der Waals surface area contributed by atoms with Crippen LogP contribution in [0, 0.1) is 6.92 Å². The highest BCUT2D eigenvalue weighted by molar-refractivity contribution is 6.00. The molecule has 0 unspecified atom stereocenters. The van der Waals surface area contributed by atoms with E-state index in [4.69, 9.17) is 4.52 Å². The van der Waals surface area contributed by atoms with Gasteiger partial charge in [-0.3, -0.25) is 14.2 Å². The van der Waals surface area contributed by atoms with Crippen molar-refractivity contribution in [1.29, 1.82) is 0 Å². The van der Waals surface area contributed by atoms with E-state index in [0.717, 1.165) is 17.5 Å². The molecule has 0 aliphatic heterocycles. The van der Waals surface area contributed by atoms with E-state index in [9.17, 15) is 22.8 Å². The number of halogens is 3. The zero-order valence-corrected chi connectivity index (χ0v) is 16.7. The number of hydrogen-bond acceptors (Lipinski definition) is 4. The van der Waals surface area contributed by atoms with Crippen molar-refractivity contribution in [2.24, 2.45) is 0 Å². The Morgan fingerprint density at radius 1 is 1.10 bits per heavy atom. The van der Waals surface area contributed by atoms with Gasteiger partial charge in [-0.2, -0.15) is 13.2 Å². The van der Waals surface area contributed by atoms with Gasteiger partial charge in [0.15, 0.2) is 11.5 Å². The van der Waals surface area contributed by atoms with Crippen molar-refractivity contribution in [3.05, 3.63) is 87.4 Å². The number of hydrogen-bond donors (Lipinski definition) is 0. The Bertz CT molecular complexity index is 1350. The number of ketones is 1. The number of Topliss-reactive ketones (excluding diaryl/α,β-unsaturated/α-hetero) is 1. The second-order valence-corrected chi connectivity index (χ2v) is 7.22. The van der Waals surface area contributed by atoms with Crippen LogP contribution in [0.4, 0.5) is 13.2 Å². The third-order valence-electron chi connectivity index (χ3n) is 5.17. The molecule has 2 aromatic carbocycles. The van der Waals surface area contributed by atoms with E-state index in [1.807, 2.05) is 12.1 Å². The first-order valence-corrected chi connectivity index (χ1v) is 9.43. The normalized spacial score (nSPS) is 11.8. The molecule has 5 nitrogen and oxygen atoms in total. The molecule has 0 spiro atoms. The predicted octanol–water partition coefficient (Wildman–Crippen LogP) is 5.23. The summed E-state index contributed by atoms with van der Waals surface area (Å²) >= 11 is 0. The lowest BCUT2D eigenvalue weighted by Gasteiger charge is -2.13. The smallest absolute Gasteiger partial charge is 0.359 e. The van der Waals surface area contributed by atoms with E-state index in [-0.39, 0.29) is 17.9 Å². The zero-order valence-electron chi connectivity index (χ0n) is 16.7. The molecule has 0 fully saturated rings. The molecule has 2 aromatic heterocycles. The fourth-order valence-electron chi connectivity index (χ4n) is 3.65. The van der Waals surface area contributed by atoms with Gasteiger partial charge in [0.05, 0.1) is 23.2 Å². The number of aromatic nitrogens is 2. The Labute approximate surface area is 174 Å². The number of carbonyl (C=O) groups excluding carboxylic acids is 1. The zero-order chi connectivity index (χ0) is 22.3. The number of rotatable bonds is 4. The summed E-state index contributed by atoms with van der Waals surface area (Å²) in [6.07, 6.45) is -4.42. The third-order valence-corrected chi connectivity index (χ3v) is 5.17. The van der Waals surface area contributed by atoms with Crippen molar-refractivity contribution >= 4 is 16.7 Å². The van der Waals surface area contributed by atoms with E-state index in [1.165, 1.54) is 23.6 Å². The molecule has 4 rings (SSSR count). The quantitative estimate of drug-likeness (QED) is 0.419. The molecule has 2 heterocycles. The summed E-state index contributed by atoms with van der Waals surface area (Å²) in [6, 6.07) is 13.4. The molecular weight excluding hydrogens is 409 g/mol. The van der Waals surface area contributed by atoms with Crippen molar-refractivity contribution in [2.75, 3.05) is 0 Å². The van der Waals surface area contributed by atoms with Crippen LogP contribution in [0.3, 0.4) is 0 Å². The molecule has 0 N–H and O–H groups in total. The van der Waals surface area contributed by atoms with Crippen LogP contribution in [0.5, 0.6) is 0 Å². The minimum absolute atomic E-state index is 0.0214. The fourth-order valence-corrected chi connectivity index (χ4v) is 3.65. The lowest BCUT2D eigenvalue weighted by atomic mass is 10.0. The van der Waals surface area contributed by atoms with E-state index in [0.29, 0.717) is 28.1 Å². The fraction of sp³-hybridized carbons (Fsp3) is 0.174. The second-order valence-electron chi connectivity index (χ2n) is 7.22. The standard InChI is InChI=1S/C23H17F3N2O3/c1-13-18-5-3-4-6-20(18)28(22(30)21(13)14(2)29)12-17-11-19(27-31-17)15-7-9-16(10-8-15)23(24,25)26/h3-11H,12H2,1-2H3. The van der Waals surface area contributed by atoms with Gasteiger partial charge < -0.3 is 4.52 Å². The molecule has 0 bridgehead atoms. The minimum Gasteiger partial charge on any atom is -0.359 e. The largest absolute Gasteiger partial charge is 0.416 e. The number of nitrogens with zero attached hydrogens (tertiary/aromatic N) is 2. The molecular formula is C23H17F3N2O3. The Morgan fingerprint density at radius 2 is 1.77 bits per heavy atom. The number of benzene rings is 2. The van der Waals surface area contributed by atoms with E-state index in [2.05, 4.69) is 5.16 Å². The molecule has 0 saturated heterocycles. The Morgan fingerprint density at radius 3 is 2.42 bits per heavy atom. The second kappa shape index (κ2) is 7.54. The molecule has 0 aliphatic rings. The average molecular weight is 426 g/mol. The average Bonchev–Trinajstić information content (AvgIpc) is 3.19. The first-order chi connectivity index (χ1) is 14.7. The highest BCUT2D eigenvalue weighted by atomic mass is 19.4. The topological polar surface area (TPSA) is 65.1 Å². The number of fused-ring (bicyclic) bond motifs is 1. The van der Waals surface area contributed by atoms with Crippen LogP contribution in [0.25, 0.3) is 22.2 Å². The minimum atomic E-state index is -4.42. The Hall–Kier alpha value is -3.68. The van der Waals surface area contributed by atoms with Gasteiger partial charge in [0.2, 0.25) is 0 Å². The first-order valence-electron chi connectivity index (χ1n) is 9.43. The summed E-state index contributed by atoms with van der Waals surface area (Å²) < 4.78 is 45.1. The summed E-state index contributed by atoms with van der Waals surface area (Å²) in [6.45, 7) is 3.11. The van der Waals surface area contributed by atoms with Gasteiger partial charge in [-0.15, -0.1) is 0 Å². The van der Waals surface area contributed by atoms with Crippen molar-refractivity contribution < 1.29 is 22.5 Å². The van der Waals surface area contributed by atoms with Gasteiger partial charge >= 0.3 is 6.18 Å². The predicted molar refractivity (Wildman–Crippen MR) is 109 cm³/mol. The Balaban J connectivity index is 1.74. The number of alkyl halides is 3. The number of pyridine rings is 1. The van der Waals surface area contributed by atoms with Crippen LogP contribution in [-0.2, 0) is 12.7 Å². The molecule has 0 radical (unpaired) electrons. The summed E-state index contributed by atoms with van der Waals surface area (Å²) in [7, 11) is 0. The summed E-state index contributed by atoms with van der Waals surface area (Å²) in [4.78, 5) is 25.1. The number of aryl methyl sites for hydroxylation is 1. The van der Waals surface area contributed by atoms with Crippen molar-refractivity contribution in [1.82, 2.24) is 9.72 Å². The van der Waals surface area contributed by atoms with Gasteiger partial charge in [-0.1, -0.05) is 35.5 Å². The molecule has 158 valence electrons. The monoisotopic (exact) mass is 426 g/mol. The maximum absolute atomic E-state index is 13.0. The maximum atomic E-state index is 13.0. The van der Waals surface area contributed by atoms with Gasteiger partial charge in [-0.05, 0) is 37.6 Å². The number of para-hydroxylation sites is 1. The molecule has 31 heavy (non-hydrogen) atoms. The van der Waals surface area contributed by atoms with Crippen LogP contribution >= 0.6 is 0 Å². The molecule has 4 aromatic rings. The van der Waals surface area contributed by atoms with Crippen LogP contribution in [0.2, 0.25) is 0 Å². The molecule has 8 heteroatoms. The third kappa shape index (κ3) is 3.76. The van der Waals surface area contributed by atoms with Crippen LogP contribution < -0.4 is 5.56 Å². The maximum Gasteiger partial charge on any atom is 0.416 e. The van der Waals surface area contributed by atoms with E-state index >= 15 is 0 Å². The van der Waals surface area contributed by atoms with Gasteiger partial charge in [-0.25, -0.2) is 0 Å².